The first-order valence-corrected chi connectivity index (χ1v) is 8.59. The van der Waals surface area contributed by atoms with E-state index in [1.54, 1.807) is 0 Å². The number of rotatable bonds is 1. The quantitative estimate of drug-likeness (QED) is 0.835. The van der Waals surface area contributed by atoms with Gasteiger partial charge < -0.3 is 16.0 Å². The van der Waals surface area contributed by atoms with E-state index in [0.29, 0.717) is 6.42 Å². The second-order valence-corrected chi connectivity index (χ2v) is 7.15. The molecule has 1 aliphatic carbocycles. The molecule has 1 atom stereocenters. The van der Waals surface area contributed by atoms with Crippen molar-refractivity contribution in [2.75, 3.05) is 24.5 Å². The number of nitrogens with two attached hydrogens (primary N) is 1. The Kier molecular flexibility index (Phi) is 3.46. The molecule has 1 spiro atoms. The van der Waals surface area contributed by atoms with Crippen molar-refractivity contribution in [2.45, 2.75) is 44.6 Å². The van der Waals surface area contributed by atoms with Crippen molar-refractivity contribution in [3.05, 3.63) is 29.3 Å². The van der Waals surface area contributed by atoms with Gasteiger partial charge in [0.2, 0.25) is 5.91 Å². The van der Waals surface area contributed by atoms with E-state index in [1.807, 2.05) is 4.90 Å². The number of nitrogens with zero attached hydrogens (tertiary/aromatic N) is 1. The van der Waals surface area contributed by atoms with Gasteiger partial charge in [-0.05, 0) is 73.9 Å². The number of amides is 1. The molecular weight excluding hydrogens is 274 g/mol. The third-order valence-electron chi connectivity index (χ3n) is 5.90. The van der Waals surface area contributed by atoms with Crippen LogP contribution in [0.15, 0.2) is 18.2 Å². The molecule has 2 saturated heterocycles. The molecule has 1 aromatic carbocycles. The van der Waals surface area contributed by atoms with Crippen molar-refractivity contribution in [3.63, 3.8) is 0 Å². The Morgan fingerprint density at radius 2 is 2.05 bits per heavy atom. The van der Waals surface area contributed by atoms with E-state index in [9.17, 15) is 4.79 Å². The van der Waals surface area contributed by atoms with Gasteiger partial charge in [0.25, 0.3) is 0 Å². The van der Waals surface area contributed by atoms with Gasteiger partial charge in [-0.15, -0.1) is 0 Å². The zero-order valence-corrected chi connectivity index (χ0v) is 13.1. The van der Waals surface area contributed by atoms with E-state index in [2.05, 4.69) is 23.5 Å². The molecule has 0 saturated carbocycles. The summed E-state index contributed by atoms with van der Waals surface area (Å²) >= 11 is 0. The number of hydrogen-bond donors (Lipinski definition) is 2. The van der Waals surface area contributed by atoms with E-state index in [1.165, 1.54) is 11.1 Å². The van der Waals surface area contributed by atoms with Gasteiger partial charge in [-0.3, -0.25) is 4.79 Å². The summed E-state index contributed by atoms with van der Waals surface area (Å²) in [7, 11) is 0. The Morgan fingerprint density at radius 3 is 2.82 bits per heavy atom. The average molecular weight is 299 g/mol. The molecule has 118 valence electrons. The maximum absolute atomic E-state index is 12.2. The zero-order valence-electron chi connectivity index (χ0n) is 13.1. The number of carbonyl (C=O) groups is 1. The van der Waals surface area contributed by atoms with Gasteiger partial charge in [-0.25, -0.2) is 0 Å². The topological polar surface area (TPSA) is 58.4 Å². The van der Waals surface area contributed by atoms with Gasteiger partial charge in [0.15, 0.2) is 0 Å². The highest BCUT2D eigenvalue weighted by Gasteiger charge is 2.44. The van der Waals surface area contributed by atoms with Crippen molar-refractivity contribution >= 4 is 11.6 Å². The van der Waals surface area contributed by atoms with Crippen LogP contribution in [0.4, 0.5) is 5.69 Å². The van der Waals surface area contributed by atoms with Crippen LogP contribution in [0.2, 0.25) is 0 Å². The normalized spacial score (nSPS) is 27.2. The van der Waals surface area contributed by atoms with Gasteiger partial charge in [0.1, 0.15) is 0 Å². The SMILES string of the molecule is NC1c2cc(N3CCCCC3=O)ccc2CC12CCNCC2. The van der Waals surface area contributed by atoms with Crippen LogP contribution in [0.3, 0.4) is 0 Å². The first-order valence-electron chi connectivity index (χ1n) is 8.59. The summed E-state index contributed by atoms with van der Waals surface area (Å²) in [5.74, 6) is 0.259. The van der Waals surface area contributed by atoms with Crippen molar-refractivity contribution in [3.8, 4) is 0 Å². The summed E-state index contributed by atoms with van der Waals surface area (Å²) in [6, 6.07) is 6.64. The highest BCUT2D eigenvalue weighted by atomic mass is 16.2. The van der Waals surface area contributed by atoms with Crippen molar-refractivity contribution in [2.24, 2.45) is 11.1 Å². The second-order valence-electron chi connectivity index (χ2n) is 7.15. The molecule has 22 heavy (non-hydrogen) atoms. The van der Waals surface area contributed by atoms with E-state index in [-0.39, 0.29) is 17.4 Å². The maximum Gasteiger partial charge on any atom is 0.226 e. The van der Waals surface area contributed by atoms with E-state index < -0.39 is 0 Å². The summed E-state index contributed by atoms with van der Waals surface area (Å²) in [5, 5.41) is 3.44. The van der Waals surface area contributed by atoms with Crippen molar-refractivity contribution in [1.29, 1.82) is 0 Å². The van der Waals surface area contributed by atoms with Crippen LogP contribution >= 0.6 is 0 Å². The summed E-state index contributed by atoms with van der Waals surface area (Å²) < 4.78 is 0. The smallest absolute Gasteiger partial charge is 0.226 e. The predicted molar refractivity (Wildman–Crippen MR) is 87.8 cm³/mol. The fourth-order valence-corrected chi connectivity index (χ4v) is 4.51. The molecule has 4 nitrogen and oxygen atoms in total. The monoisotopic (exact) mass is 299 g/mol. The van der Waals surface area contributed by atoms with Crippen LogP contribution in [0.25, 0.3) is 0 Å². The van der Waals surface area contributed by atoms with Gasteiger partial charge in [-0.1, -0.05) is 6.07 Å². The molecule has 3 aliphatic rings. The summed E-state index contributed by atoms with van der Waals surface area (Å²) in [5.41, 5.74) is 10.6. The lowest BCUT2D eigenvalue weighted by Gasteiger charge is -2.37. The van der Waals surface area contributed by atoms with Crippen molar-refractivity contribution in [1.82, 2.24) is 5.32 Å². The molecule has 3 N–H and O–H groups in total. The number of carbonyl (C=O) groups excluding carboxylic acids is 1. The lowest BCUT2D eigenvalue weighted by Crippen LogP contribution is -2.42. The number of piperidine rings is 2. The predicted octanol–water partition coefficient (Wildman–Crippen LogP) is 2.13. The first kappa shape index (κ1) is 14.2. The third kappa shape index (κ3) is 2.17. The van der Waals surface area contributed by atoms with E-state index in [4.69, 9.17) is 5.73 Å². The maximum atomic E-state index is 12.2. The second kappa shape index (κ2) is 5.36. The lowest BCUT2D eigenvalue weighted by atomic mass is 9.73. The molecule has 1 aromatic rings. The molecular formula is C18H25N3O. The average Bonchev–Trinajstić information content (AvgIpc) is 2.81. The lowest BCUT2D eigenvalue weighted by molar-refractivity contribution is -0.119. The Labute approximate surface area is 132 Å². The first-order chi connectivity index (χ1) is 10.7. The minimum Gasteiger partial charge on any atom is -0.323 e. The minimum absolute atomic E-state index is 0.115. The molecule has 2 fully saturated rings. The number of nitrogens with one attached hydrogen (secondary N) is 1. The van der Waals surface area contributed by atoms with E-state index in [0.717, 1.165) is 57.4 Å². The molecule has 0 bridgehead atoms. The van der Waals surface area contributed by atoms with Gasteiger partial charge in [-0.2, -0.15) is 0 Å². The Balaban J connectivity index is 1.65. The summed E-state index contributed by atoms with van der Waals surface area (Å²) in [4.78, 5) is 14.1. The minimum atomic E-state index is 0.115. The summed E-state index contributed by atoms with van der Waals surface area (Å²) in [6.45, 7) is 2.99. The highest BCUT2D eigenvalue weighted by Crippen LogP contribution is 2.50. The van der Waals surface area contributed by atoms with Crippen LogP contribution in [0, 0.1) is 5.41 Å². The largest absolute Gasteiger partial charge is 0.323 e. The molecule has 4 heteroatoms. The van der Waals surface area contributed by atoms with Crippen LogP contribution in [0.1, 0.15) is 49.3 Å². The van der Waals surface area contributed by atoms with Crippen LogP contribution in [-0.4, -0.2) is 25.5 Å². The van der Waals surface area contributed by atoms with Crippen molar-refractivity contribution < 1.29 is 4.79 Å². The standard InChI is InChI=1S/C18H25N3O/c19-17-15-11-14(21-10-2-1-3-16(21)22)5-4-13(15)12-18(17)6-8-20-9-7-18/h4-5,11,17,20H,1-3,6-10,12,19H2. The number of anilines is 1. The molecule has 0 aromatic heterocycles. The van der Waals surface area contributed by atoms with Crippen LogP contribution in [0.5, 0.6) is 0 Å². The Morgan fingerprint density at radius 1 is 1.23 bits per heavy atom. The Bertz CT molecular complexity index is 592. The molecule has 2 aliphatic heterocycles. The van der Waals surface area contributed by atoms with Gasteiger partial charge in [0.05, 0.1) is 0 Å². The van der Waals surface area contributed by atoms with Crippen LogP contribution < -0.4 is 16.0 Å². The molecule has 4 rings (SSSR count). The highest BCUT2D eigenvalue weighted by molar-refractivity contribution is 5.94. The molecule has 1 amide bonds. The number of benzene rings is 1. The third-order valence-corrected chi connectivity index (χ3v) is 5.90. The number of hydrogen-bond acceptors (Lipinski definition) is 3. The van der Waals surface area contributed by atoms with Gasteiger partial charge >= 0.3 is 0 Å². The summed E-state index contributed by atoms with van der Waals surface area (Å²) in [6.07, 6.45) is 6.21. The molecule has 2 heterocycles. The van der Waals surface area contributed by atoms with E-state index >= 15 is 0 Å². The molecule has 0 radical (unpaired) electrons. The zero-order chi connectivity index (χ0) is 15.2. The van der Waals surface area contributed by atoms with Gasteiger partial charge in [0, 0.05) is 24.7 Å². The Hall–Kier alpha value is -1.39. The molecule has 1 unspecified atom stereocenters. The number of fused-ring (bicyclic) bond motifs is 1. The fraction of sp³-hybridized carbons (Fsp3) is 0.611. The fourth-order valence-electron chi connectivity index (χ4n) is 4.51. The van der Waals surface area contributed by atoms with Crippen LogP contribution in [-0.2, 0) is 11.2 Å².